The van der Waals surface area contributed by atoms with Crippen molar-refractivity contribution in [2.24, 2.45) is 5.92 Å². The van der Waals surface area contributed by atoms with Crippen LogP contribution in [-0.4, -0.2) is 127 Å². The summed E-state index contributed by atoms with van der Waals surface area (Å²) < 4.78 is 16.5. The van der Waals surface area contributed by atoms with Gasteiger partial charge in [-0.05, 0) is 12.8 Å². The summed E-state index contributed by atoms with van der Waals surface area (Å²) in [4.78, 5) is 26.9. The second-order valence-corrected chi connectivity index (χ2v) is 10.2. The van der Waals surface area contributed by atoms with Gasteiger partial charge >= 0.3 is 0 Å². The van der Waals surface area contributed by atoms with Gasteiger partial charge in [0.15, 0.2) is 0 Å². The largest absolute Gasteiger partial charge is 0.394 e. The van der Waals surface area contributed by atoms with Crippen molar-refractivity contribution in [1.82, 2.24) is 0 Å². The van der Waals surface area contributed by atoms with E-state index >= 15 is 0 Å². The van der Waals surface area contributed by atoms with Crippen molar-refractivity contribution in [1.29, 1.82) is 0 Å². The highest BCUT2D eigenvalue weighted by atomic mass is 16.8. The Balaban J connectivity index is 1.95. The lowest BCUT2D eigenvalue weighted by Gasteiger charge is -2.50. The van der Waals surface area contributed by atoms with Gasteiger partial charge in [0.2, 0.25) is 11.6 Å². The van der Waals surface area contributed by atoms with E-state index < -0.39 is 98.0 Å². The van der Waals surface area contributed by atoms with E-state index in [0.717, 1.165) is 38.5 Å². The van der Waals surface area contributed by atoms with E-state index in [2.05, 4.69) is 0 Å². The van der Waals surface area contributed by atoms with E-state index in [1.165, 1.54) is 0 Å². The molecule has 214 valence electrons. The first-order chi connectivity index (χ1) is 17.6. The van der Waals surface area contributed by atoms with E-state index in [1.807, 2.05) is 0 Å². The number of aliphatic hydroxyl groups excluding tert-OH is 8. The Hall–Kier alpha value is -1.10. The molecule has 3 rings (SSSR count). The molecule has 3 fully saturated rings. The van der Waals surface area contributed by atoms with Crippen LogP contribution < -0.4 is 0 Å². The molecule has 0 aromatic rings. The van der Waals surface area contributed by atoms with Gasteiger partial charge in [0.1, 0.15) is 55.1 Å². The fraction of sp³-hybridized carbons (Fsp3) is 0.917. The molecule has 1 aliphatic carbocycles. The molecule has 0 bridgehead atoms. The summed E-state index contributed by atoms with van der Waals surface area (Å²) in [5, 5.41) is 81.7. The number of aliphatic hydroxyl groups is 8. The summed E-state index contributed by atoms with van der Waals surface area (Å²) in [6, 6.07) is 0. The summed E-state index contributed by atoms with van der Waals surface area (Å²) in [5.74, 6) is -7.71. The minimum atomic E-state index is -2.99. The highest BCUT2D eigenvalue weighted by Crippen LogP contribution is 2.42. The number of ketones is 2. The van der Waals surface area contributed by atoms with Crippen molar-refractivity contribution < 1.29 is 64.7 Å². The molecule has 9 atom stereocenters. The molecule has 2 aliphatic heterocycles. The topological polar surface area (TPSA) is 224 Å². The summed E-state index contributed by atoms with van der Waals surface area (Å²) in [6.45, 7) is -2.95. The Labute approximate surface area is 214 Å². The van der Waals surface area contributed by atoms with Crippen LogP contribution in [0.3, 0.4) is 0 Å². The molecule has 2 saturated heterocycles. The number of carbonyl (C=O) groups excluding carboxylic acids is 2. The molecule has 3 aliphatic rings. The van der Waals surface area contributed by atoms with E-state index in [4.69, 9.17) is 14.2 Å². The predicted octanol–water partition coefficient (Wildman–Crippen LogP) is -2.75. The highest BCUT2D eigenvalue weighted by Gasteiger charge is 2.66. The van der Waals surface area contributed by atoms with Gasteiger partial charge in [0.05, 0.1) is 19.6 Å². The van der Waals surface area contributed by atoms with Crippen molar-refractivity contribution >= 4 is 11.6 Å². The molecule has 0 aromatic heterocycles. The third-order valence-corrected chi connectivity index (χ3v) is 7.71. The molecule has 0 aromatic carbocycles. The quantitative estimate of drug-likeness (QED) is 0.140. The lowest BCUT2D eigenvalue weighted by atomic mass is 9.84. The van der Waals surface area contributed by atoms with Crippen molar-refractivity contribution in [3.05, 3.63) is 0 Å². The van der Waals surface area contributed by atoms with E-state index in [0.29, 0.717) is 12.8 Å². The van der Waals surface area contributed by atoms with Crippen molar-refractivity contribution in [3.63, 3.8) is 0 Å². The third-order valence-electron chi connectivity index (χ3n) is 7.71. The van der Waals surface area contributed by atoms with Crippen LogP contribution in [-0.2, 0) is 23.8 Å². The number of carbonyl (C=O) groups is 2. The Morgan fingerprint density at radius 2 is 1.27 bits per heavy atom. The number of hydrogen-bond donors (Lipinski definition) is 8. The molecule has 0 amide bonds. The zero-order valence-electron chi connectivity index (χ0n) is 20.7. The summed E-state index contributed by atoms with van der Waals surface area (Å²) in [5.41, 5.74) is 0. The highest BCUT2D eigenvalue weighted by molar-refractivity contribution is 6.03. The second-order valence-electron chi connectivity index (χ2n) is 10.2. The second kappa shape index (κ2) is 12.8. The maximum Gasteiger partial charge on any atom is 0.262 e. The average molecular weight is 537 g/mol. The molecule has 1 saturated carbocycles. The van der Waals surface area contributed by atoms with E-state index in [-0.39, 0.29) is 0 Å². The lowest BCUT2D eigenvalue weighted by Crippen LogP contribution is -2.72. The fourth-order valence-electron chi connectivity index (χ4n) is 5.40. The maximum absolute atomic E-state index is 13.7. The van der Waals surface area contributed by atoms with Gasteiger partial charge in [-0.1, -0.05) is 38.5 Å². The summed E-state index contributed by atoms with van der Waals surface area (Å²) in [6.07, 6.45) is -7.33. The van der Waals surface area contributed by atoms with Crippen LogP contribution in [0.15, 0.2) is 0 Å². The Morgan fingerprint density at radius 3 is 1.78 bits per heavy atom. The molecular formula is C24H40O13. The summed E-state index contributed by atoms with van der Waals surface area (Å²) in [7, 11) is 0. The normalized spacial score (nSPS) is 42.1. The summed E-state index contributed by atoms with van der Waals surface area (Å²) >= 11 is 0. The monoisotopic (exact) mass is 536 g/mol. The van der Waals surface area contributed by atoms with Gasteiger partial charge in [0.25, 0.3) is 5.79 Å². The van der Waals surface area contributed by atoms with Gasteiger partial charge in [-0.2, -0.15) is 0 Å². The van der Waals surface area contributed by atoms with Gasteiger partial charge in [-0.3, -0.25) is 9.59 Å². The number of Topliss-reactive ketones (excluding diaryl/α,β-unsaturated/α-hetero) is 2. The van der Waals surface area contributed by atoms with Crippen LogP contribution in [0, 0.1) is 5.92 Å². The zero-order chi connectivity index (χ0) is 27.4. The van der Waals surface area contributed by atoms with E-state index in [9.17, 15) is 50.4 Å². The Bertz CT molecular complexity index is 768. The average Bonchev–Trinajstić information content (AvgIpc) is 3.22. The maximum atomic E-state index is 13.7. The molecule has 0 spiro atoms. The van der Waals surface area contributed by atoms with Gasteiger partial charge in [0, 0.05) is 5.92 Å². The Kier molecular flexibility index (Phi) is 10.6. The Morgan fingerprint density at radius 1 is 0.730 bits per heavy atom. The standard InChI is InChI=1S/C24H40O13/c25-10-15-18(30)20(32)22(34)24(36-15,37-23(12-27)21(33)19(31)16(11-26)35-23)17(29)9-14(28)13-7-5-3-1-2-4-6-8-13/h13,15-16,18-22,25-27,30-34H,1-12H2/t15-,16-,18-,19-,20+,21+,22-,23?,24+/m1/s1. The SMILES string of the molecule is O=C(CC(=O)[C@@]1(OC2(CO)O[C@H](CO)[C@@H](O)[C@@H]2O)O[C@H](CO)[C@@H](O)[C@H](O)[C@H]1O)C1CCCCCCCC1. The van der Waals surface area contributed by atoms with Gasteiger partial charge in [-0.25, -0.2) is 0 Å². The molecule has 13 nitrogen and oxygen atoms in total. The first-order valence-electron chi connectivity index (χ1n) is 12.9. The van der Waals surface area contributed by atoms with Crippen molar-refractivity contribution in [3.8, 4) is 0 Å². The van der Waals surface area contributed by atoms with Crippen LogP contribution in [0.1, 0.15) is 57.8 Å². The van der Waals surface area contributed by atoms with Crippen LogP contribution in [0.4, 0.5) is 0 Å². The third kappa shape index (κ3) is 6.07. The first kappa shape index (κ1) is 30.4. The van der Waals surface area contributed by atoms with Crippen LogP contribution >= 0.6 is 0 Å². The molecule has 13 heteroatoms. The smallest absolute Gasteiger partial charge is 0.262 e. The van der Waals surface area contributed by atoms with Crippen LogP contribution in [0.2, 0.25) is 0 Å². The minimum absolute atomic E-state index is 0.440. The van der Waals surface area contributed by atoms with Crippen LogP contribution in [0.25, 0.3) is 0 Å². The molecule has 1 unspecified atom stereocenters. The first-order valence-corrected chi connectivity index (χ1v) is 12.9. The zero-order valence-corrected chi connectivity index (χ0v) is 20.7. The number of ether oxygens (including phenoxy) is 3. The number of hydrogen-bond acceptors (Lipinski definition) is 13. The molecule has 37 heavy (non-hydrogen) atoms. The van der Waals surface area contributed by atoms with Gasteiger partial charge < -0.3 is 55.1 Å². The molecule has 0 radical (unpaired) electrons. The van der Waals surface area contributed by atoms with Crippen molar-refractivity contribution in [2.75, 3.05) is 19.8 Å². The van der Waals surface area contributed by atoms with Crippen molar-refractivity contribution in [2.45, 2.75) is 112 Å². The molecule has 2 heterocycles. The fourth-order valence-corrected chi connectivity index (χ4v) is 5.40. The number of rotatable bonds is 9. The van der Waals surface area contributed by atoms with Crippen LogP contribution in [0.5, 0.6) is 0 Å². The lowest BCUT2D eigenvalue weighted by molar-refractivity contribution is -0.416. The predicted molar refractivity (Wildman–Crippen MR) is 123 cm³/mol. The molecular weight excluding hydrogens is 496 g/mol. The van der Waals surface area contributed by atoms with E-state index in [1.54, 1.807) is 0 Å². The minimum Gasteiger partial charge on any atom is -0.394 e. The van der Waals surface area contributed by atoms with Gasteiger partial charge in [-0.15, -0.1) is 0 Å². The molecule has 8 N–H and O–H groups in total.